The van der Waals surface area contributed by atoms with Gasteiger partial charge in [-0.2, -0.15) is 4.98 Å². The Balaban J connectivity index is 1.57. The third-order valence-electron chi connectivity index (χ3n) is 4.21. The monoisotopic (exact) mass is 375 g/mol. The van der Waals surface area contributed by atoms with Crippen LogP contribution in [-0.4, -0.2) is 22.6 Å². The van der Waals surface area contributed by atoms with E-state index < -0.39 is 11.6 Å². The molecular weight excluding hydrogens is 364 g/mol. The summed E-state index contributed by atoms with van der Waals surface area (Å²) < 4.78 is 32.0. The molecular formula is C18H12ClF2N3O2. The largest absolute Gasteiger partial charge is 0.339 e. The maximum atomic E-state index is 13.4. The third-order valence-corrected chi connectivity index (χ3v) is 4.50. The van der Waals surface area contributed by atoms with Crippen molar-refractivity contribution in [2.45, 2.75) is 12.3 Å². The molecule has 1 fully saturated rings. The lowest BCUT2D eigenvalue weighted by Gasteiger charge is -2.15. The molecule has 4 rings (SSSR count). The molecule has 1 aliphatic rings. The number of nitrogens with zero attached hydrogens (tertiary/aromatic N) is 3. The van der Waals surface area contributed by atoms with Crippen molar-refractivity contribution in [2.75, 3.05) is 11.4 Å². The lowest BCUT2D eigenvalue weighted by atomic mass is 10.1. The molecule has 132 valence electrons. The first-order valence-corrected chi connectivity index (χ1v) is 8.24. The number of amides is 1. The van der Waals surface area contributed by atoms with Crippen molar-refractivity contribution < 1.29 is 18.1 Å². The van der Waals surface area contributed by atoms with Gasteiger partial charge in [-0.15, -0.1) is 0 Å². The van der Waals surface area contributed by atoms with Crippen LogP contribution in [0.1, 0.15) is 18.2 Å². The molecule has 8 heteroatoms. The van der Waals surface area contributed by atoms with Crippen molar-refractivity contribution >= 4 is 23.2 Å². The fourth-order valence-electron chi connectivity index (χ4n) is 2.92. The highest BCUT2D eigenvalue weighted by Gasteiger charge is 2.35. The van der Waals surface area contributed by atoms with Crippen molar-refractivity contribution in [3.8, 4) is 11.4 Å². The average molecular weight is 376 g/mol. The molecule has 1 aromatic heterocycles. The highest BCUT2D eigenvalue weighted by Crippen LogP contribution is 2.32. The van der Waals surface area contributed by atoms with E-state index in [4.69, 9.17) is 16.1 Å². The van der Waals surface area contributed by atoms with Gasteiger partial charge in [0, 0.05) is 24.2 Å². The highest BCUT2D eigenvalue weighted by molar-refractivity contribution is 6.31. The van der Waals surface area contributed by atoms with E-state index in [1.54, 1.807) is 12.1 Å². The molecule has 0 N–H and O–H groups in total. The molecule has 1 unspecified atom stereocenters. The molecule has 0 saturated carbocycles. The average Bonchev–Trinajstić information content (AvgIpc) is 3.24. The lowest BCUT2D eigenvalue weighted by Crippen LogP contribution is -2.24. The molecule has 2 aromatic carbocycles. The van der Waals surface area contributed by atoms with Gasteiger partial charge in [0.05, 0.1) is 10.9 Å². The van der Waals surface area contributed by atoms with Gasteiger partial charge in [-0.1, -0.05) is 22.8 Å². The molecule has 0 spiro atoms. The zero-order chi connectivity index (χ0) is 18.3. The molecule has 26 heavy (non-hydrogen) atoms. The first-order valence-electron chi connectivity index (χ1n) is 7.86. The van der Waals surface area contributed by atoms with Crippen LogP contribution in [0.2, 0.25) is 5.02 Å². The summed E-state index contributed by atoms with van der Waals surface area (Å²) in [5.41, 5.74) is 1.00. The third kappa shape index (κ3) is 3.06. The molecule has 1 saturated heterocycles. The topological polar surface area (TPSA) is 59.2 Å². The molecule has 3 aromatic rings. The number of rotatable bonds is 3. The van der Waals surface area contributed by atoms with Crippen LogP contribution >= 0.6 is 11.6 Å². The molecule has 0 aliphatic carbocycles. The summed E-state index contributed by atoms with van der Waals surface area (Å²) in [5.74, 6) is -0.836. The summed E-state index contributed by atoms with van der Waals surface area (Å²) in [7, 11) is 0. The Hall–Kier alpha value is -2.80. The standard InChI is InChI=1S/C18H12ClF2N3O2/c19-14-6-10(4-5-15(14)21)17-22-18(26-23-17)11-7-16(25)24(9-11)13-3-1-2-12(20)8-13/h1-6,8,11H,7,9H2. The predicted molar refractivity (Wildman–Crippen MR) is 90.8 cm³/mol. The Morgan fingerprint density at radius 2 is 2.04 bits per heavy atom. The van der Waals surface area contributed by atoms with E-state index in [0.29, 0.717) is 23.7 Å². The van der Waals surface area contributed by atoms with Gasteiger partial charge in [-0.05, 0) is 36.4 Å². The van der Waals surface area contributed by atoms with Gasteiger partial charge in [0.25, 0.3) is 0 Å². The first kappa shape index (κ1) is 16.7. The maximum absolute atomic E-state index is 13.4. The Morgan fingerprint density at radius 3 is 2.81 bits per heavy atom. The smallest absolute Gasteiger partial charge is 0.232 e. The van der Waals surface area contributed by atoms with Crippen LogP contribution in [0.5, 0.6) is 0 Å². The van der Waals surface area contributed by atoms with E-state index in [-0.39, 0.29) is 29.1 Å². The second kappa shape index (κ2) is 6.49. The second-order valence-corrected chi connectivity index (χ2v) is 6.38. The lowest BCUT2D eigenvalue weighted by molar-refractivity contribution is -0.117. The molecule has 1 atom stereocenters. The number of hydrogen-bond acceptors (Lipinski definition) is 4. The zero-order valence-electron chi connectivity index (χ0n) is 13.3. The van der Waals surface area contributed by atoms with E-state index in [1.807, 2.05) is 0 Å². The van der Waals surface area contributed by atoms with E-state index >= 15 is 0 Å². The van der Waals surface area contributed by atoms with Gasteiger partial charge < -0.3 is 9.42 Å². The molecule has 1 aliphatic heterocycles. The van der Waals surface area contributed by atoms with Crippen molar-refractivity contribution in [2.24, 2.45) is 0 Å². The van der Waals surface area contributed by atoms with Crippen molar-refractivity contribution in [1.29, 1.82) is 0 Å². The van der Waals surface area contributed by atoms with Gasteiger partial charge in [0.2, 0.25) is 17.6 Å². The first-order chi connectivity index (χ1) is 12.5. The van der Waals surface area contributed by atoms with Gasteiger partial charge in [-0.25, -0.2) is 8.78 Å². The number of anilines is 1. The fourth-order valence-corrected chi connectivity index (χ4v) is 3.10. The van der Waals surface area contributed by atoms with Crippen LogP contribution in [0.4, 0.5) is 14.5 Å². The molecule has 0 radical (unpaired) electrons. The number of carbonyl (C=O) groups excluding carboxylic acids is 1. The fraction of sp³-hybridized carbons (Fsp3) is 0.167. The summed E-state index contributed by atoms with van der Waals surface area (Å²) in [6.07, 6.45) is 0.183. The SMILES string of the molecule is O=C1CC(c2nc(-c3ccc(F)c(Cl)c3)no2)CN1c1cccc(F)c1. The van der Waals surface area contributed by atoms with Gasteiger partial charge in [-0.3, -0.25) is 4.79 Å². The Morgan fingerprint density at radius 1 is 1.19 bits per heavy atom. The van der Waals surface area contributed by atoms with Crippen LogP contribution in [0, 0.1) is 11.6 Å². The van der Waals surface area contributed by atoms with E-state index in [0.717, 1.165) is 0 Å². The van der Waals surface area contributed by atoms with Gasteiger partial charge >= 0.3 is 0 Å². The van der Waals surface area contributed by atoms with Gasteiger partial charge in [0.1, 0.15) is 11.6 Å². The minimum absolute atomic E-state index is 0.0397. The normalized spacial score (nSPS) is 17.1. The van der Waals surface area contributed by atoms with E-state index in [2.05, 4.69) is 10.1 Å². The summed E-state index contributed by atoms with van der Waals surface area (Å²) in [6, 6.07) is 9.97. The number of carbonyl (C=O) groups is 1. The van der Waals surface area contributed by atoms with Crippen molar-refractivity contribution in [3.05, 3.63) is 65.0 Å². The van der Waals surface area contributed by atoms with Crippen LogP contribution in [-0.2, 0) is 4.79 Å². The quantitative estimate of drug-likeness (QED) is 0.688. The van der Waals surface area contributed by atoms with Crippen molar-refractivity contribution in [3.63, 3.8) is 0 Å². The Bertz CT molecular complexity index is 992. The summed E-state index contributed by atoms with van der Waals surface area (Å²) in [4.78, 5) is 18.1. The number of hydrogen-bond donors (Lipinski definition) is 0. The Labute approximate surface area is 152 Å². The Kier molecular flexibility index (Phi) is 4.16. The van der Waals surface area contributed by atoms with Crippen LogP contribution in [0.15, 0.2) is 47.0 Å². The van der Waals surface area contributed by atoms with Crippen molar-refractivity contribution in [1.82, 2.24) is 10.1 Å². The zero-order valence-corrected chi connectivity index (χ0v) is 14.1. The van der Waals surface area contributed by atoms with Crippen LogP contribution < -0.4 is 4.90 Å². The summed E-state index contributed by atoms with van der Waals surface area (Å²) >= 11 is 5.77. The molecule has 1 amide bonds. The van der Waals surface area contributed by atoms with E-state index in [9.17, 15) is 13.6 Å². The summed E-state index contributed by atoms with van der Waals surface area (Å²) in [6.45, 7) is 0.314. The highest BCUT2D eigenvalue weighted by atomic mass is 35.5. The second-order valence-electron chi connectivity index (χ2n) is 5.97. The minimum atomic E-state index is -0.536. The summed E-state index contributed by atoms with van der Waals surface area (Å²) in [5, 5.41) is 3.84. The van der Waals surface area contributed by atoms with Gasteiger partial charge in [0.15, 0.2) is 0 Å². The molecule has 0 bridgehead atoms. The predicted octanol–water partition coefficient (Wildman–Crippen LogP) is 4.19. The molecule has 5 nitrogen and oxygen atoms in total. The van der Waals surface area contributed by atoms with Crippen LogP contribution in [0.3, 0.4) is 0 Å². The maximum Gasteiger partial charge on any atom is 0.232 e. The number of aromatic nitrogens is 2. The number of benzene rings is 2. The number of halogens is 3. The van der Waals surface area contributed by atoms with Crippen LogP contribution in [0.25, 0.3) is 11.4 Å². The van der Waals surface area contributed by atoms with E-state index in [1.165, 1.54) is 35.2 Å². The minimum Gasteiger partial charge on any atom is -0.339 e. The molecule has 2 heterocycles.